The molecule has 0 aromatic heterocycles. The first-order valence-electron chi connectivity index (χ1n) is 4.38. The Kier molecular flexibility index (Phi) is 3.74. The van der Waals surface area contributed by atoms with Crippen molar-refractivity contribution >= 4 is 23.1 Å². The molecule has 0 unspecified atom stereocenters. The zero-order valence-electron chi connectivity index (χ0n) is 8.57. The SMILES string of the molecule is CN(C)/C=C(\C(=O)O)c1ccc(Cl)cc1. The molecule has 0 heterocycles. The number of hydrogen-bond donors (Lipinski definition) is 1. The van der Waals surface area contributed by atoms with Gasteiger partial charge < -0.3 is 10.0 Å². The van der Waals surface area contributed by atoms with Crippen molar-refractivity contribution < 1.29 is 9.90 Å². The molecule has 0 fully saturated rings. The fraction of sp³-hybridized carbons (Fsp3) is 0.182. The van der Waals surface area contributed by atoms with Gasteiger partial charge in [0.2, 0.25) is 0 Å². The van der Waals surface area contributed by atoms with Crippen molar-refractivity contribution in [1.29, 1.82) is 0 Å². The lowest BCUT2D eigenvalue weighted by molar-refractivity contribution is -0.130. The Bertz CT molecular complexity index is 382. The van der Waals surface area contributed by atoms with Gasteiger partial charge >= 0.3 is 5.97 Å². The van der Waals surface area contributed by atoms with Gasteiger partial charge in [-0.15, -0.1) is 0 Å². The molecule has 0 amide bonds. The fourth-order valence-corrected chi connectivity index (χ4v) is 1.27. The van der Waals surface area contributed by atoms with Gasteiger partial charge in [0, 0.05) is 25.3 Å². The van der Waals surface area contributed by atoms with Crippen LogP contribution in [0.2, 0.25) is 5.02 Å². The second-order valence-corrected chi connectivity index (χ2v) is 3.75. The topological polar surface area (TPSA) is 40.5 Å². The third kappa shape index (κ3) is 3.29. The molecule has 0 saturated carbocycles. The largest absolute Gasteiger partial charge is 0.478 e. The second-order valence-electron chi connectivity index (χ2n) is 3.32. The van der Waals surface area contributed by atoms with Gasteiger partial charge in [-0.25, -0.2) is 4.79 Å². The summed E-state index contributed by atoms with van der Waals surface area (Å²) in [5.41, 5.74) is 0.886. The standard InChI is InChI=1S/C11H12ClNO2/c1-13(2)7-10(11(14)15)8-3-5-9(12)6-4-8/h3-7H,1-2H3,(H,14,15)/b10-7-. The minimum Gasteiger partial charge on any atom is -0.478 e. The monoisotopic (exact) mass is 225 g/mol. The van der Waals surface area contributed by atoms with E-state index in [0.717, 1.165) is 0 Å². The average Bonchev–Trinajstić information content (AvgIpc) is 2.15. The molecule has 0 aliphatic heterocycles. The molecular weight excluding hydrogens is 214 g/mol. The number of carbonyl (C=O) groups is 1. The first kappa shape index (κ1) is 11.6. The highest BCUT2D eigenvalue weighted by atomic mass is 35.5. The van der Waals surface area contributed by atoms with E-state index in [1.165, 1.54) is 0 Å². The number of carboxylic acid groups (broad SMARTS) is 1. The summed E-state index contributed by atoms with van der Waals surface area (Å²) in [6.45, 7) is 0. The lowest BCUT2D eigenvalue weighted by Gasteiger charge is -2.08. The first-order valence-corrected chi connectivity index (χ1v) is 4.76. The van der Waals surface area contributed by atoms with Gasteiger partial charge in [-0.2, -0.15) is 0 Å². The molecule has 15 heavy (non-hydrogen) atoms. The summed E-state index contributed by atoms with van der Waals surface area (Å²) >= 11 is 5.72. The molecule has 1 rings (SSSR count). The quantitative estimate of drug-likeness (QED) is 0.803. The number of hydrogen-bond acceptors (Lipinski definition) is 2. The number of carboxylic acids is 1. The van der Waals surface area contributed by atoms with Crippen LogP contribution in [0, 0.1) is 0 Å². The van der Waals surface area contributed by atoms with E-state index in [9.17, 15) is 4.79 Å². The molecule has 3 nitrogen and oxygen atoms in total. The maximum Gasteiger partial charge on any atom is 0.337 e. The van der Waals surface area contributed by atoms with Crippen LogP contribution in [-0.4, -0.2) is 30.1 Å². The Morgan fingerprint density at radius 3 is 2.27 bits per heavy atom. The summed E-state index contributed by atoms with van der Waals surface area (Å²) in [5, 5.41) is 9.61. The van der Waals surface area contributed by atoms with Crippen LogP contribution in [0.15, 0.2) is 30.5 Å². The van der Waals surface area contributed by atoms with Gasteiger partial charge in [0.25, 0.3) is 0 Å². The van der Waals surface area contributed by atoms with Gasteiger partial charge in [-0.1, -0.05) is 23.7 Å². The van der Waals surface area contributed by atoms with E-state index in [2.05, 4.69) is 0 Å². The van der Waals surface area contributed by atoms with Crippen LogP contribution in [0.3, 0.4) is 0 Å². The van der Waals surface area contributed by atoms with E-state index >= 15 is 0 Å². The summed E-state index contributed by atoms with van der Waals surface area (Å²) in [7, 11) is 3.55. The molecule has 0 aliphatic rings. The second kappa shape index (κ2) is 4.84. The van der Waals surface area contributed by atoms with Crippen LogP contribution in [0.4, 0.5) is 0 Å². The van der Waals surface area contributed by atoms with E-state index in [1.54, 1.807) is 49.5 Å². The number of rotatable bonds is 3. The Morgan fingerprint density at radius 2 is 1.87 bits per heavy atom. The Balaban J connectivity index is 3.11. The van der Waals surface area contributed by atoms with Crippen molar-refractivity contribution in [3.63, 3.8) is 0 Å². The first-order chi connectivity index (χ1) is 7.00. The average molecular weight is 226 g/mol. The lowest BCUT2D eigenvalue weighted by atomic mass is 10.1. The molecule has 1 aromatic carbocycles. The number of benzene rings is 1. The smallest absolute Gasteiger partial charge is 0.337 e. The van der Waals surface area contributed by atoms with Crippen molar-refractivity contribution in [2.24, 2.45) is 0 Å². The zero-order chi connectivity index (χ0) is 11.4. The van der Waals surface area contributed by atoms with Crippen molar-refractivity contribution in [2.45, 2.75) is 0 Å². The predicted octanol–water partition coefficient (Wildman–Crippen LogP) is 2.33. The highest BCUT2D eigenvalue weighted by Gasteiger charge is 2.10. The molecule has 0 aliphatic carbocycles. The van der Waals surface area contributed by atoms with E-state index < -0.39 is 5.97 Å². The van der Waals surface area contributed by atoms with Gasteiger partial charge in [-0.05, 0) is 17.7 Å². The van der Waals surface area contributed by atoms with Crippen molar-refractivity contribution in [1.82, 2.24) is 4.90 Å². The van der Waals surface area contributed by atoms with Gasteiger partial charge in [0.15, 0.2) is 0 Å². The Hall–Kier alpha value is -1.48. The summed E-state index contributed by atoms with van der Waals surface area (Å²) < 4.78 is 0. The summed E-state index contributed by atoms with van der Waals surface area (Å²) in [4.78, 5) is 12.7. The molecule has 80 valence electrons. The summed E-state index contributed by atoms with van der Waals surface area (Å²) in [6, 6.07) is 6.71. The van der Waals surface area contributed by atoms with Crippen LogP contribution < -0.4 is 0 Å². The molecule has 0 bridgehead atoms. The molecular formula is C11H12ClNO2. The van der Waals surface area contributed by atoms with Crippen LogP contribution in [0.1, 0.15) is 5.56 Å². The van der Waals surface area contributed by atoms with Crippen LogP contribution >= 0.6 is 11.6 Å². The maximum atomic E-state index is 11.0. The Morgan fingerprint density at radius 1 is 1.33 bits per heavy atom. The normalized spacial score (nSPS) is 11.3. The van der Waals surface area contributed by atoms with Crippen LogP contribution in [-0.2, 0) is 4.79 Å². The molecule has 0 saturated heterocycles. The van der Waals surface area contributed by atoms with Gasteiger partial charge in [-0.3, -0.25) is 0 Å². The van der Waals surface area contributed by atoms with E-state index in [4.69, 9.17) is 16.7 Å². The highest BCUT2D eigenvalue weighted by molar-refractivity contribution is 6.30. The number of nitrogens with zero attached hydrogens (tertiary/aromatic N) is 1. The predicted molar refractivity (Wildman–Crippen MR) is 60.8 cm³/mol. The van der Waals surface area contributed by atoms with Gasteiger partial charge in [0.05, 0.1) is 5.57 Å². The minimum atomic E-state index is -0.953. The molecule has 1 N–H and O–H groups in total. The van der Waals surface area contributed by atoms with E-state index in [-0.39, 0.29) is 5.57 Å². The van der Waals surface area contributed by atoms with Crippen LogP contribution in [0.25, 0.3) is 5.57 Å². The highest BCUT2D eigenvalue weighted by Crippen LogP contribution is 2.18. The molecule has 0 radical (unpaired) electrons. The summed E-state index contributed by atoms with van der Waals surface area (Å²) in [5.74, 6) is -0.953. The third-order valence-corrected chi connectivity index (χ3v) is 2.02. The molecule has 0 spiro atoms. The third-order valence-electron chi connectivity index (χ3n) is 1.77. The summed E-state index contributed by atoms with van der Waals surface area (Å²) in [6.07, 6.45) is 1.56. The fourth-order valence-electron chi connectivity index (χ4n) is 1.14. The maximum absolute atomic E-state index is 11.0. The van der Waals surface area contributed by atoms with Crippen molar-refractivity contribution in [3.05, 3.63) is 41.1 Å². The Labute approximate surface area is 93.6 Å². The molecule has 0 atom stereocenters. The minimum absolute atomic E-state index is 0.247. The van der Waals surface area contributed by atoms with E-state index in [0.29, 0.717) is 10.6 Å². The number of halogens is 1. The van der Waals surface area contributed by atoms with E-state index in [1.807, 2.05) is 0 Å². The molecule has 4 heteroatoms. The lowest BCUT2D eigenvalue weighted by Crippen LogP contribution is -2.08. The molecule has 1 aromatic rings. The van der Waals surface area contributed by atoms with Gasteiger partial charge in [0.1, 0.15) is 0 Å². The van der Waals surface area contributed by atoms with Crippen molar-refractivity contribution in [3.8, 4) is 0 Å². The van der Waals surface area contributed by atoms with Crippen LogP contribution in [0.5, 0.6) is 0 Å². The zero-order valence-corrected chi connectivity index (χ0v) is 9.32. The van der Waals surface area contributed by atoms with Crippen molar-refractivity contribution in [2.75, 3.05) is 14.1 Å². The number of aliphatic carboxylic acids is 1.